The molecule has 28 heavy (non-hydrogen) atoms. The predicted molar refractivity (Wildman–Crippen MR) is 96.6 cm³/mol. The van der Waals surface area contributed by atoms with E-state index in [0.717, 1.165) is 5.56 Å². The fourth-order valence-electron chi connectivity index (χ4n) is 3.33. The molecule has 148 valence electrons. The molecule has 0 aliphatic carbocycles. The summed E-state index contributed by atoms with van der Waals surface area (Å²) in [7, 11) is 1.64. The standard InChI is InChI=1S/C17H19F3N8/c1-10-9-21-11(2)28-15(10)22-13(24-28)6-7-14-23-16(25-26(14)3)27-8-4-5-12(27)17(18,19)20/h6-7,9,12H,4-5,8H2,1-3H3/t12-/m1/s1. The molecule has 3 aromatic heterocycles. The van der Waals surface area contributed by atoms with Gasteiger partial charge >= 0.3 is 6.18 Å². The van der Waals surface area contributed by atoms with Gasteiger partial charge in [0, 0.05) is 25.4 Å². The van der Waals surface area contributed by atoms with Crippen LogP contribution in [0.5, 0.6) is 0 Å². The minimum Gasteiger partial charge on any atom is -0.327 e. The largest absolute Gasteiger partial charge is 0.408 e. The first kappa shape index (κ1) is 18.4. The van der Waals surface area contributed by atoms with E-state index < -0.39 is 12.2 Å². The van der Waals surface area contributed by atoms with Crippen LogP contribution in [0.25, 0.3) is 17.8 Å². The van der Waals surface area contributed by atoms with Crippen molar-refractivity contribution in [2.75, 3.05) is 11.4 Å². The molecular weight excluding hydrogens is 373 g/mol. The summed E-state index contributed by atoms with van der Waals surface area (Å²) in [6.45, 7) is 4.01. The van der Waals surface area contributed by atoms with Crippen LogP contribution in [0.4, 0.5) is 19.1 Å². The Balaban J connectivity index is 1.61. The zero-order valence-electron chi connectivity index (χ0n) is 15.6. The van der Waals surface area contributed by atoms with Gasteiger partial charge in [-0.2, -0.15) is 22.7 Å². The second-order valence-electron chi connectivity index (χ2n) is 6.81. The smallest absolute Gasteiger partial charge is 0.327 e. The molecule has 1 fully saturated rings. The average Bonchev–Trinajstić information content (AvgIpc) is 3.33. The van der Waals surface area contributed by atoms with E-state index in [2.05, 4.69) is 25.1 Å². The van der Waals surface area contributed by atoms with Crippen molar-refractivity contribution in [2.45, 2.75) is 38.9 Å². The second kappa shape index (κ2) is 6.57. The summed E-state index contributed by atoms with van der Waals surface area (Å²) >= 11 is 0. The molecule has 0 radical (unpaired) electrons. The molecule has 3 aromatic rings. The van der Waals surface area contributed by atoms with Crippen molar-refractivity contribution in [2.24, 2.45) is 7.05 Å². The first-order valence-corrected chi connectivity index (χ1v) is 8.85. The molecule has 1 atom stereocenters. The molecular formula is C17H19F3N8. The Hall–Kier alpha value is -2.98. The van der Waals surface area contributed by atoms with Crippen LogP contribution in [0.2, 0.25) is 0 Å². The van der Waals surface area contributed by atoms with Crippen molar-refractivity contribution in [3.63, 3.8) is 0 Å². The molecule has 4 rings (SSSR count). The van der Waals surface area contributed by atoms with Crippen molar-refractivity contribution < 1.29 is 13.2 Å². The molecule has 11 heteroatoms. The van der Waals surface area contributed by atoms with Crippen LogP contribution in [0, 0.1) is 13.8 Å². The molecule has 0 aromatic carbocycles. The van der Waals surface area contributed by atoms with Gasteiger partial charge in [0.2, 0.25) is 5.95 Å². The number of aryl methyl sites for hydroxylation is 3. The lowest BCUT2D eigenvalue weighted by atomic mass is 10.2. The number of hydrogen-bond donors (Lipinski definition) is 0. The van der Waals surface area contributed by atoms with Gasteiger partial charge in [-0.15, -0.1) is 10.2 Å². The third-order valence-electron chi connectivity index (χ3n) is 4.78. The number of hydrogen-bond acceptors (Lipinski definition) is 6. The zero-order chi connectivity index (χ0) is 20.1. The van der Waals surface area contributed by atoms with E-state index in [-0.39, 0.29) is 18.9 Å². The molecule has 1 aliphatic heterocycles. The van der Waals surface area contributed by atoms with Crippen LogP contribution in [-0.4, -0.2) is 53.1 Å². The minimum atomic E-state index is -4.30. The number of halogens is 3. The van der Waals surface area contributed by atoms with Gasteiger partial charge in [-0.25, -0.2) is 14.6 Å². The van der Waals surface area contributed by atoms with E-state index in [4.69, 9.17) is 0 Å². The van der Waals surface area contributed by atoms with Gasteiger partial charge in [-0.1, -0.05) is 0 Å². The summed E-state index contributed by atoms with van der Waals surface area (Å²) in [6, 6.07) is -1.54. The highest BCUT2D eigenvalue weighted by molar-refractivity contribution is 5.65. The molecule has 0 amide bonds. The van der Waals surface area contributed by atoms with Crippen LogP contribution in [0.15, 0.2) is 6.20 Å². The molecule has 0 N–H and O–H groups in total. The van der Waals surface area contributed by atoms with Gasteiger partial charge in [-0.05, 0) is 38.8 Å². The van der Waals surface area contributed by atoms with Crippen molar-refractivity contribution in [3.8, 4) is 0 Å². The van der Waals surface area contributed by atoms with E-state index in [0.29, 0.717) is 29.5 Å². The summed E-state index contributed by atoms with van der Waals surface area (Å²) < 4.78 is 42.7. The van der Waals surface area contributed by atoms with Crippen LogP contribution < -0.4 is 4.90 Å². The van der Waals surface area contributed by atoms with Gasteiger partial charge in [0.25, 0.3) is 0 Å². The number of aromatic nitrogens is 7. The van der Waals surface area contributed by atoms with Crippen molar-refractivity contribution in [3.05, 3.63) is 29.2 Å². The number of nitrogens with zero attached hydrogens (tertiary/aromatic N) is 8. The van der Waals surface area contributed by atoms with E-state index >= 15 is 0 Å². The summed E-state index contributed by atoms with van der Waals surface area (Å²) in [5, 5.41) is 8.55. The number of fused-ring (bicyclic) bond motifs is 1. The van der Waals surface area contributed by atoms with Crippen molar-refractivity contribution in [1.29, 1.82) is 0 Å². The highest BCUT2D eigenvalue weighted by Gasteiger charge is 2.47. The van der Waals surface area contributed by atoms with Crippen molar-refractivity contribution >= 4 is 23.7 Å². The van der Waals surface area contributed by atoms with Crippen LogP contribution >= 0.6 is 0 Å². The third-order valence-corrected chi connectivity index (χ3v) is 4.78. The first-order chi connectivity index (χ1) is 13.2. The minimum absolute atomic E-state index is 0.0603. The summed E-state index contributed by atoms with van der Waals surface area (Å²) in [6.07, 6.45) is 1.26. The number of anilines is 1. The fraction of sp³-hybridized carbons (Fsp3) is 0.471. The maximum atomic E-state index is 13.2. The highest BCUT2D eigenvalue weighted by Crippen LogP contribution is 2.34. The lowest BCUT2D eigenvalue weighted by Crippen LogP contribution is -2.41. The van der Waals surface area contributed by atoms with Gasteiger partial charge < -0.3 is 4.90 Å². The van der Waals surface area contributed by atoms with Gasteiger partial charge in [0.15, 0.2) is 17.3 Å². The molecule has 1 aliphatic rings. The highest BCUT2D eigenvalue weighted by atomic mass is 19.4. The fourth-order valence-corrected chi connectivity index (χ4v) is 3.33. The second-order valence-corrected chi connectivity index (χ2v) is 6.81. The topological polar surface area (TPSA) is 77.0 Å². The van der Waals surface area contributed by atoms with E-state index in [1.165, 1.54) is 9.58 Å². The Morgan fingerprint density at radius 2 is 1.93 bits per heavy atom. The number of alkyl halides is 3. The van der Waals surface area contributed by atoms with Crippen molar-refractivity contribution in [1.82, 2.24) is 34.3 Å². The number of rotatable bonds is 3. The first-order valence-electron chi connectivity index (χ1n) is 8.85. The monoisotopic (exact) mass is 392 g/mol. The quantitative estimate of drug-likeness (QED) is 0.682. The van der Waals surface area contributed by atoms with Crippen LogP contribution in [-0.2, 0) is 7.05 Å². The summed E-state index contributed by atoms with van der Waals surface area (Å²) in [4.78, 5) is 14.2. The Labute approximate surface area is 158 Å². The summed E-state index contributed by atoms with van der Waals surface area (Å²) in [5.74, 6) is 1.67. The maximum Gasteiger partial charge on any atom is 0.408 e. The van der Waals surface area contributed by atoms with Gasteiger partial charge in [0.1, 0.15) is 11.9 Å². The molecule has 0 spiro atoms. The zero-order valence-corrected chi connectivity index (χ0v) is 15.6. The molecule has 8 nitrogen and oxygen atoms in total. The van der Waals surface area contributed by atoms with Crippen LogP contribution in [0.1, 0.15) is 35.9 Å². The lowest BCUT2D eigenvalue weighted by Gasteiger charge is -2.25. The van der Waals surface area contributed by atoms with Crippen LogP contribution in [0.3, 0.4) is 0 Å². The van der Waals surface area contributed by atoms with E-state index in [9.17, 15) is 13.2 Å². The third kappa shape index (κ3) is 3.20. The van der Waals surface area contributed by atoms with Gasteiger partial charge in [0.05, 0.1) is 0 Å². The van der Waals surface area contributed by atoms with E-state index in [1.54, 1.807) is 29.9 Å². The Bertz CT molecular complexity index is 1010. The predicted octanol–water partition coefficient (Wildman–Crippen LogP) is 2.57. The lowest BCUT2D eigenvalue weighted by molar-refractivity contribution is -0.146. The molecule has 1 saturated heterocycles. The van der Waals surface area contributed by atoms with Gasteiger partial charge in [-0.3, -0.25) is 0 Å². The molecule has 0 unspecified atom stereocenters. The Morgan fingerprint density at radius 3 is 2.64 bits per heavy atom. The molecule has 0 bridgehead atoms. The molecule has 4 heterocycles. The molecule has 0 saturated carbocycles. The average molecular weight is 392 g/mol. The van der Waals surface area contributed by atoms with E-state index in [1.807, 2.05) is 13.8 Å². The SMILES string of the molecule is Cc1cnc(C)n2nc(C=Cc3nc(N4CCC[C@@H]4C(F)(F)F)nn3C)nc12. The summed E-state index contributed by atoms with van der Waals surface area (Å²) in [5.41, 5.74) is 1.60. The Morgan fingerprint density at radius 1 is 1.14 bits per heavy atom. The maximum absolute atomic E-state index is 13.2. The normalized spacial score (nSPS) is 18.1. The Kier molecular flexibility index (Phi) is 4.31.